The average Bonchev–Trinajstić information content (AvgIpc) is 3.68. The molecular formula is C49H95N5O7. The number of ether oxygens (including phenoxy) is 1. The van der Waals surface area contributed by atoms with E-state index in [1.165, 1.54) is 96.4 Å². The highest BCUT2D eigenvalue weighted by Gasteiger charge is 2.45. The molecule has 0 aromatic carbocycles. The fourth-order valence-electron chi connectivity index (χ4n) is 11.9. The van der Waals surface area contributed by atoms with Crippen molar-refractivity contribution < 1.29 is 34.5 Å². The van der Waals surface area contributed by atoms with E-state index in [4.69, 9.17) is 24.6 Å². The number of β-amino-alcohol motifs (C(OH)–C–C–N with tert-alkyl or cyclic N) is 1. The molecule has 0 spiro atoms. The van der Waals surface area contributed by atoms with Crippen LogP contribution in [0.2, 0.25) is 0 Å². The van der Waals surface area contributed by atoms with Crippen LogP contribution in [0.3, 0.4) is 0 Å². The lowest BCUT2D eigenvalue weighted by atomic mass is 9.65. The van der Waals surface area contributed by atoms with E-state index < -0.39 is 0 Å². The number of nitrogens with zero attached hydrogens (tertiary/aromatic N) is 4. The molecule has 7 fully saturated rings. The van der Waals surface area contributed by atoms with Gasteiger partial charge in [-0.2, -0.15) is 5.06 Å². The number of hydrogen-bond acceptors (Lipinski definition) is 10. The van der Waals surface area contributed by atoms with Crippen LogP contribution in [0.4, 0.5) is 0 Å². The standard InChI is InChI=1S/C31H56N4O4.C9H18.C6H12O.C2H5NO.CH4O/c1-32(2)27-17-25(29-11-7-10-24(30(29)38-3)20-35-21-28(36)22-39-35)16-26(18-27)31(37)34-14-12-33(13-15-34)19-23-8-5-4-6-9-23;1-8-5-4-6-9(2,3)7-8;7-6-4-2-1-3-5-6;1-3-2-4;1-2/h23-30,36H,4-22H2,1-3H3;8H,4-7H2,1-3H3;6-7H,1-5H2;2H,1H3,(H,3,4);2H,1H3/t24?,25?,26?,27?,28-,29?,30?;;;;/m0..../s1. The number of carbonyl (C=O) groups excluding carboxylic acids is 2. The Labute approximate surface area is 373 Å². The fourth-order valence-corrected chi connectivity index (χ4v) is 11.9. The molecule has 0 bridgehead atoms. The summed E-state index contributed by atoms with van der Waals surface area (Å²) in [7, 11) is 8.81. The fraction of sp³-hybridized carbons (Fsp3) is 0.959. The molecule has 5 aliphatic carbocycles. The van der Waals surface area contributed by atoms with Crippen molar-refractivity contribution in [1.29, 1.82) is 0 Å². The van der Waals surface area contributed by atoms with Gasteiger partial charge >= 0.3 is 0 Å². The smallest absolute Gasteiger partial charge is 0.225 e. The molecule has 2 amide bonds. The first-order valence-corrected chi connectivity index (χ1v) is 24.8. The molecule has 0 aromatic heterocycles. The number of hydroxylamine groups is 2. The molecule has 358 valence electrons. The third-order valence-corrected chi connectivity index (χ3v) is 15.0. The van der Waals surface area contributed by atoms with Crippen molar-refractivity contribution in [3.05, 3.63) is 0 Å². The first kappa shape index (κ1) is 54.0. The molecule has 7 rings (SSSR count). The summed E-state index contributed by atoms with van der Waals surface area (Å²) in [5.41, 5.74) is 0.650. The zero-order valence-corrected chi connectivity index (χ0v) is 40.4. The molecule has 12 nitrogen and oxygen atoms in total. The van der Waals surface area contributed by atoms with Gasteiger partial charge in [0.05, 0.1) is 31.5 Å². The van der Waals surface area contributed by atoms with E-state index in [0.717, 1.165) is 90.2 Å². The van der Waals surface area contributed by atoms with Crippen molar-refractivity contribution in [3.8, 4) is 0 Å². The van der Waals surface area contributed by atoms with Gasteiger partial charge in [-0.25, -0.2) is 0 Å². The lowest BCUT2D eigenvalue weighted by Gasteiger charge is -2.47. The van der Waals surface area contributed by atoms with Crippen molar-refractivity contribution in [2.24, 2.45) is 40.9 Å². The molecule has 2 heterocycles. The number of aliphatic hydroxyl groups excluding tert-OH is 3. The predicted octanol–water partition coefficient (Wildman–Crippen LogP) is 6.60. The van der Waals surface area contributed by atoms with E-state index in [0.29, 0.717) is 54.7 Å². The Morgan fingerprint density at radius 1 is 0.836 bits per heavy atom. The molecule has 2 saturated heterocycles. The van der Waals surface area contributed by atoms with Crippen LogP contribution in [-0.4, -0.2) is 160 Å². The summed E-state index contributed by atoms with van der Waals surface area (Å²) in [5, 5.41) is 30.0. The van der Waals surface area contributed by atoms with Crippen LogP contribution in [0, 0.1) is 40.9 Å². The summed E-state index contributed by atoms with van der Waals surface area (Å²) in [6.45, 7) is 14.1. The molecule has 4 N–H and O–H groups in total. The number of nitrogens with one attached hydrogen (secondary N) is 1. The van der Waals surface area contributed by atoms with Crippen molar-refractivity contribution in [3.63, 3.8) is 0 Å². The van der Waals surface area contributed by atoms with Gasteiger partial charge in [0.25, 0.3) is 0 Å². The minimum absolute atomic E-state index is 0.0359. The molecule has 7 unspecified atom stereocenters. The van der Waals surface area contributed by atoms with Crippen LogP contribution in [0.25, 0.3) is 0 Å². The van der Waals surface area contributed by atoms with Crippen LogP contribution < -0.4 is 5.32 Å². The Bertz CT molecular complexity index is 1160. The Morgan fingerprint density at radius 2 is 1.48 bits per heavy atom. The highest BCUT2D eigenvalue weighted by Crippen LogP contribution is 2.45. The molecule has 5 saturated carbocycles. The van der Waals surface area contributed by atoms with Crippen LogP contribution in [0.15, 0.2) is 0 Å². The molecule has 61 heavy (non-hydrogen) atoms. The maximum Gasteiger partial charge on any atom is 0.225 e. The molecule has 0 radical (unpaired) electrons. The Kier molecular flexibility index (Phi) is 25.8. The molecular weight excluding hydrogens is 771 g/mol. The first-order chi connectivity index (χ1) is 29.3. The topological polar surface area (TPSA) is 138 Å². The van der Waals surface area contributed by atoms with Crippen molar-refractivity contribution >= 4 is 12.3 Å². The first-order valence-electron chi connectivity index (χ1n) is 24.8. The zero-order valence-electron chi connectivity index (χ0n) is 40.4. The summed E-state index contributed by atoms with van der Waals surface area (Å²) >= 11 is 0. The number of carbonyl (C=O) groups is 2. The maximum absolute atomic E-state index is 13.9. The second-order valence-corrected chi connectivity index (χ2v) is 20.8. The normalized spacial score (nSPS) is 32.7. The van der Waals surface area contributed by atoms with Gasteiger partial charge in [-0.05, 0) is 114 Å². The van der Waals surface area contributed by atoms with E-state index in [2.05, 4.69) is 54.9 Å². The minimum Gasteiger partial charge on any atom is -0.400 e. The van der Waals surface area contributed by atoms with Gasteiger partial charge < -0.3 is 35.2 Å². The highest BCUT2D eigenvalue weighted by molar-refractivity contribution is 5.79. The van der Waals surface area contributed by atoms with Gasteiger partial charge in [-0.1, -0.05) is 78.6 Å². The average molecular weight is 866 g/mol. The number of rotatable bonds is 9. The minimum atomic E-state index is -0.384. The number of piperazine rings is 1. The van der Waals surface area contributed by atoms with Crippen LogP contribution in [0.1, 0.15) is 149 Å². The SMILES string of the molecule is CC1CCCC(C)(C)C1.CNC=O.CO.COC1C(CN2C[C@H](O)CO2)CCCC1C1CC(C(=O)N2CCN(CC3CCCCC3)CC2)CC(N(C)C)C1.OC1CCCCC1. The van der Waals surface area contributed by atoms with Gasteiger partial charge in [0.1, 0.15) is 0 Å². The van der Waals surface area contributed by atoms with Crippen molar-refractivity contribution in [2.75, 3.05) is 87.8 Å². The van der Waals surface area contributed by atoms with E-state index in [1.807, 2.05) is 12.2 Å². The number of methoxy groups -OCH3 is 1. The third kappa shape index (κ3) is 19.3. The van der Waals surface area contributed by atoms with E-state index in [-0.39, 0.29) is 24.2 Å². The Hall–Kier alpha value is -1.38. The van der Waals surface area contributed by atoms with Crippen molar-refractivity contribution in [1.82, 2.24) is 25.1 Å². The molecule has 7 aliphatic rings. The Morgan fingerprint density at radius 3 is 1.97 bits per heavy atom. The van der Waals surface area contributed by atoms with Crippen molar-refractivity contribution in [2.45, 2.75) is 174 Å². The lowest BCUT2D eigenvalue weighted by molar-refractivity contribution is -0.147. The van der Waals surface area contributed by atoms with Crippen LogP contribution >= 0.6 is 0 Å². The van der Waals surface area contributed by atoms with Crippen LogP contribution in [-0.2, 0) is 19.2 Å². The molecule has 2 aliphatic heterocycles. The Balaban J connectivity index is 0.000000366. The monoisotopic (exact) mass is 866 g/mol. The summed E-state index contributed by atoms with van der Waals surface area (Å²) < 4.78 is 6.23. The highest BCUT2D eigenvalue weighted by atomic mass is 16.7. The van der Waals surface area contributed by atoms with Gasteiger partial charge in [0, 0.05) is 78.4 Å². The largest absolute Gasteiger partial charge is 0.400 e. The summed E-state index contributed by atoms with van der Waals surface area (Å²) in [6.07, 6.45) is 25.8. The molecule has 12 heteroatoms. The number of aliphatic hydroxyl groups is 3. The van der Waals surface area contributed by atoms with Gasteiger partial charge in [-0.15, -0.1) is 0 Å². The van der Waals surface area contributed by atoms with Gasteiger partial charge in [0.2, 0.25) is 12.3 Å². The summed E-state index contributed by atoms with van der Waals surface area (Å²) in [5.74, 6) is 3.77. The lowest BCUT2D eigenvalue weighted by Crippen LogP contribution is -2.53. The predicted molar refractivity (Wildman–Crippen MR) is 247 cm³/mol. The summed E-state index contributed by atoms with van der Waals surface area (Å²) in [6, 6.07) is 0.445. The number of amides is 2. The van der Waals surface area contributed by atoms with Gasteiger partial charge in [0.15, 0.2) is 0 Å². The van der Waals surface area contributed by atoms with E-state index >= 15 is 0 Å². The second-order valence-electron chi connectivity index (χ2n) is 20.8. The maximum atomic E-state index is 13.9. The zero-order chi connectivity index (χ0) is 44.8. The summed E-state index contributed by atoms with van der Waals surface area (Å²) in [4.78, 5) is 35.9. The van der Waals surface area contributed by atoms with E-state index in [9.17, 15) is 9.90 Å². The molecule has 8 atom stereocenters. The number of hydrogen-bond donors (Lipinski definition) is 4. The third-order valence-electron chi connectivity index (χ3n) is 15.0. The van der Waals surface area contributed by atoms with Crippen LogP contribution in [0.5, 0.6) is 0 Å². The van der Waals surface area contributed by atoms with E-state index in [1.54, 1.807) is 7.05 Å². The molecule has 0 aromatic rings. The van der Waals surface area contributed by atoms with Gasteiger partial charge in [-0.3, -0.25) is 19.3 Å². The quantitative estimate of drug-likeness (QED) is 0.188. The second kappa shape index (κ2) is 29.2.